The first-order valence-corrected chi connectivity index (χ1v) is 12.3. The number of hydrogen-bond donors (Lipinski definition) is 1. The molecule has 1 unspecified atom stereocenters. The van der Waals surface area contributed by atoms with Crippen LogP contribution in [0.5, 0.6) is 17.2 Å². The molecular formula is C27H24Cl2FNO6. The van der Waals surface area contributed by atoms with Crippen molar-refractivity contribution in [2.75, 3.05) is 26.4 Å². The lowest BCUT2D eigenvalue weighted by molar-refractivity contribution is -0.139. The molecule has 1 atom stereocenters. The first-order valence-electron chi connectivity index (χ1n) is 11.6. The molecule has 194 valence electrons. The van der Waals surface area contributed by atoms with Gasteiger partial charge in [-0.3, -0.25) is 14.4 Å². The Bertz CT molecular complexity index is 1250. The summed E-state index contributed by atoms with van der Waals surface area (Å²) in [7, 11) is 0. The number of nitrogens with zero attached hydrogens (tertiary/aromatic N) is 1. The molecule has 3 aromatic carbocycles. The van der Waals surface area contributed by atoms with Crippen molar-refractivity contribution in [3.63, 3.8) is 0 Å². The molecule has 0 saturated carbocycles. The number of hydroxylamine groups is 2. The number of ether oxygens (including phenoxy) is 2. The first kappa shape index (κ1) is 26.7. The van der Waals surface area contributed by atoms with Crippen LogP contribution in [0.2, 0.25) is 10.0 Å². The maximum absolute atomic E-state index is 13.0. The van der Waals surface area contributed by atoms with Gasteiger partial charge in [0.1, 0.15) is 30.5 Å². The third-order valence-electron chi connectivity index (χ3n) is 5.80. The summed E-state index contributed by atoms with van der Waals surface area (Å²) in [6, 6.07) is 16.6. The van der Waals surface area contributed by atoms with Gasteiger partial charge in [0, 0.05) is 22.2 Å². The Hall–Kier alpha value is -3.33. The maximum Gasteiger partial charge on any atom is 0.311 e. The Morgan fingerprint density at radius 1 is 1.08 bits per heavy atom. The van der Waals surface area contributed by atoms with E-state index < -0.39 is 24.5 Å². The number of halogens is 3. The highest BCUT2D eigenvalue weighted by Gasteiger charge is 2.29. The molecule has 10 heteroatoms. The Balaban J connectivity index is 1.45. The van der Waals surface area contributed by atoms with Gasteiger partial charge in [-0.05, 0) is 60.9 Å². The molecule has 4 rings (SSSR count). The highest BCUT2D eigenvalue weighted by molar-refractivity contribution is 6.32. The summed E-state index contributed by atoms with van der Waals surface area (Å²) in [4.78, 5) is 29.9. The second-order valence-electron chi connectivity index (χ2n) is 8.28. The normalized spacial score (nSPS) is 14.4. The van der Waals surface area contributed by atoms with Crippen molar-refractivity contribution in [2.45, 2.75) is 18.8 Å². The van der Waals surface area contributed by atoms with Crippen molar-refractivity contribution in [3.8, 4) is 17.2 Å². The number of alkyl halides is 1. The highest BCUT2D eigenvalue weighted by atomic mass is 35.5. The predicted molar refractivity (Wildman–Crippen MR) is 137 cm³/mol. The van der Waals surface area contributed by atoms with E-state index in [0.29, 0.717) is 46.2 Å². The first-order chi connectivity index (χ1) is 17.9. The van der Waals surface area contributed by atoms with Gasteiger partial charge in [-0.25, -0.2) is 9.45 Å². The number of amides is 1. The topological polar surface area (TPSA) is 85.3 Å². The van der Waals surface area contributed by atoms with Crippen molar-refractivity contribution < 1.29 is 33.4 Å². The van der Waals surface area contributed by atoms with E-state index in [2.05, 4.69) is 0 Å². The molecular weight excluding hydrogens is 524 g/mol. The third kappa shape index (κ3) is 6.71. The van der Waals surface area contributed by atoms with Crippen LogP contribution in [0, 0.1) is 0 Å². The van der Waals surface area contributed by atoms with E-state index >= 15 is 0 Å². The molecule has 0 spiro atoms. The van der Waals surface area contributed by atoms with Crippen molar-refractivity contribution in [3.05, 3.63) is 87.4 Å². The second kappa shape index (κ2) is 12.3. The van der Waals surface area contributed by atoms with Crippen LogP contribution in [0.4, 0.5) is 4.39 Å². The molecule has 1 N–H and O–H groups in total. The number of carboxylic acid groups (broad SMARTS) is 1. The average molecular weight is 548 g/mol. The molecule has 1 aliphatic rings. The summed E-state index contributed by atoms with van der Waals surface area (Å²) >= 11 is 12.3. The number of benzene rings is 3. The Labute approximate surface area is 223 Å². The Morgan fingerprint density at radius 2 is 1.81 bits per heavy atom. The molecule has 37 heavy (non-hydrogen) atoms. The highest BCUT2D eigenvalue weighted by Crippen LogP contribution is 2.41. The summed E-state index contributed by atoms with van der Waals surface area (Å²) in [5.41, 5.74) is 1.78. The SMILES string of the molecule is O=C(O)C1CCOc2cc(Oc3ccc(C(=O)N(CCc4ccc(Cl)cc4)OCCF)cc3)c(Cl)cc21. The fourth-order valence-electron chi connectivity index (χ4n) is 3.91. The largest absolute Gasteiger partial charge is 0.493 e. The minimum atomic E-state index is -0.938. The number of carboxylic acids is 1. The summed E-state index contributed by atoms with van der Waals surface area (Å²) in [6.45, 7) is -0.465. The van der Waals surface area contributed by atoms with Gasteiger partial charge in [-0.2, -0.15) is 0 Å². The Morgan fingerprint density at radius 3 is 2.49 bits per heavy atom. The van der Waals surface area contributed by atoms with Crippen LogP contribution in [0.3, 0.4) is 0 Å². The monoisotopic (exact) mass is 547 g/mol. The third-order valence-corrected chi connectivity index (χ3v) is 6.35. The molecule has 1 amide bonds. The summed E-state index contributed by atoms with van der Waals surface area (Å²) in [6.07, 6.45) is 0.859. The van der Waals surface area contributed by atoms with Crippen LogP contribution < -0.4 is 9.47 Å². The van der Waals surface area contributed by atoms with Gasteiger partial charge in [0.2, 0.25) is 0 Å². The summed E-state index contributed by atoms with van der Waals surface area (Å²) in [5.74, 6) is -0.946. The van der Waals surface area contributed by atoms with E-state index in [1.807, 2.05) is 12.1 Å². The Kier molecular flexibility index (Phi) is 8.87. The zero-order chi connectivity index (χ0) is 26.4. The van der Waals surface area contributed by atoms with Gasteiger partial charge in [0.05, 0.1) is 24.1 Å². The van der Waals surface area contributed by atoms with Crippen molar-refractivity contribution >= 4 is 35.1 Å². The van der Waals surface area contributed by atoms with Crippen molar-refractivity contribution in [2.24, 2.45) is 0 Å². The molecule has 0 radical (unpaired) electrons. The fourth-order valence-corrected chi connectivity index (χ4v) is 4.25. The molecule has 3 aromatic rings. The van der Waals surface area contributed by atoms with Gasteiger partial charge in [-0.1, -0.05) is 35.3 Å². The minimum absolute atomic E-state index is 0.223. The molecule has 1 aliphatic heterocycles. The number of carbonyl (C=O) groups excluding carboxylic acids is 1. The van der Waals surface area contributed by atoms with Crippen LogP contribution in [-0.2, 0) is 16.1 Å². The standard InChI is InChI=1S/C27H24Cl2FNO6/c28-19-5-1-17(2-6-19)9-12-31(36-14-11-30)26(32)18-3-7-20(8-4-18)37-25-16-24-22(15-23(25)29)21(27(33)34)10-13-35-24/h1-8,15-16,21H,9-14H2,(H,33,34). The molecule has 1 heterocycles. The van der Waals surface area contributed by atoms with E-state index in [1.54, 1.807) is 48.5 Å². The average Bonchev–Trinajstić information content (AvgIpc) is 2.90. The zero-order valence-electron chi connectivity index (χ0n) is 19.7. The van der Waals surface area contributed by atoms with E-state index in [1.165, 1.54) is 0 Å². The van der Waals surface area contributed by atoms with E-state index in [4.69, 9.17) is 37.5 Å². The molecule has 0 aliphatic carbocycles. The van der Waals surface area contributed by atoms with E-state index in [-0.39, 0.29) is 24.8 Å². The number of carbonyl (C=O) groups is 2. The predicted octanol–water partition coefficient (Wildman–Crippen LogP) is 6.32. The summed E-state index contributed by atoms with van der Waals surface area (Å²) in [5, 5.41) is 11.4. The number of fused-ring (bicyclic) bond motifs is 1. The van der Waals surface area contributed by atoms with Crippen molar-refractivity contribution in [1.82, 2.24) is 5.06 Å². The lowest BCUT2D eigenvalue weighted by Gasteiger charge is -2.24. The van der Waals surface area contributed by atoms with Crippen molar-refractivity contribution in [1.29, 1.82) is 0 Å². The second-order valence-corrected chi connectivity index (χ2v) is 9.12. The smallest absolute Gasteiger partial charge is 0.311 e. The van der Waals surface area contributed by atoms with Crippen LogP contribution in [0.25, 0.3) is 0 Å². The van der Waals surface area contributed by atoms with Gasteiger partial charge in [0.25, 0.3) is 5.91 Å². The van der Waals surface area contributed by atoms with Crippen LogP contribution in [0.15, 0.2) is 60.7 Å². The number of rotatable bonds is 10. The molecule has 0 bridgehead atoms. The van der Waals surface area contributed by atoms with Gasteiger partial charge in [0.15, 0.2) is 0 Å². The van der Waals surface area contributed by atoms with Crippen LogP contribution in [-0.4, -0.2) is 48.5 Å². The van der Waals surface area contributed by atoms with Crippen LogP contribution in [0.1, 0.15) is 33.8 Å². The van der Waals surface area contributed by atoms with Gasteiger partial charge >= 0.3 is 5.97 Å². The minimum Gasteiger partial charge on any atom is -0.493 e. The molecule has 0 fully saturated rings. The van der Waals surface area contributed by atoms with Gasteiger partial charge in [-0.15, -0.1) is 0 Å². The molecule has 0 saturated heterocycles. The lowest BCUT2D eigenvalue weighted by Crippen LogP contribution is -2.33. The van der Waals surface area contributed by atoms with Crippen LogP contribution >= 0.6 is 23.2 Å². The lowest BCUT2D eigenvalue weighted by atomic mass is 9.93. The fraction of sp³-hybridized carbons (Fsp3) is 0.259. The molecule has 7 nitrogen and oxygen atoms in total. The zero-order valence-corrected chi connectivity index (χ0v) is 21.2. The quantitative estimate of drug-likeness (QED) is 0.299. The van der Waals surface area contributed by atoms with E-state index in [0.717, 1.165) is 10.6 Å². The molecule has 0 aromatic heterocycles. The maximum atomic E-state index is 13.0. The van der Waals surface area contributed by atoms with Gasteiger partial charge < -0.3 is 14.6 Å². The summed E-state index contributed by atoms with van der Waals surface area (Å²) < 4.78 is 24.2. The van der Waals surface area contributed by atoms with E-state index in [9.17, 15) is 19.1 Å². The number of hydrogen-bond acceptors (Lipinski definition) is 5. The number of aliphatic carboxylic acids is 1.